The van der Waals surface area contributed by atoms with Crippen LogP contribution in [0.1, 0.15) is 57.6 Å². The molecule has 0 aliphatic heterocycles. The van der Waals surface area contributed by atoms with Crippen molar-refractivity contribution in [2.75, 3.05) is 6.54 Å². The summed E-state index contributed by atoms with van der Waals surface area (Å²) in [5, 5.41) is 0. The van der Waals surface area contributed by atoms with E-state index in [-0.39, 0.29) is 5.82 Å². The third-order valence-corrected chi connectivity index (χ3v) is 5.26. The van der Waals surface area contributed by atoms with Crippen molar-refractivity contribution in [3.05, 3.63) is 71.5 Å². The summed E-state index contributed by atoms with van der Waals surface area (Å²) in [5.41, 5.74) is 2.52. The fraction of sp³-hybridized carbons (Fsp3) is 0.500. The van der Waals surface area contributed by atoms with Crippen LogP contribution in [-0.2, 0) is 13.1 Å². The molecule has 0 bridgehead atoms. The zero-order chi connectivity index (χ0) is 18.8. The van der Waals surface area contributed by atoms with Crippen LogP contribution in [0.5, 0.6) is 0 Å². The van der Waals surface area contributed by atoms with Gasteiger partial charge in [0.2, 0.25) is 0 Å². The van der Waals surface area contributed by atoms with Crippen molar-refractivity contribution < 1.29 is 4.39 Å². The molecule has 2 aromatic carbocycles. The van der Waals surface area contributed by atoms with E-state index in [1.165, 1.54) is 36.8 Å². The molecule has 2 heteroatoms. The number of nitrogens with zero attached hydrogens (tertiary/aromatic N) is 1. The second kappa shape index (κ2) is 11.1. The minimum Gasteiger partial charge on any atom is -0.295 e. The molecule has 1 nitrogen and oxygen atoms in total. The molecule has 0 heterocycles. The van der Waals surface area contributed by atoms with E-state index in [4.69, 9.17) is 0 Å². The summed E-state index contributed by atoms with van der Waals surface area (Å²) in [6, 6.07) is 17.6. The van der Waals surface area contributed by atoms with Crippen LogP contribution in [0, 0.1) is 17.7 Å². The maximum absolute atomic E-state index is 13.2. The van der Waals surface area contributed by atoms with E-state index in [0.717, 1.165) is 31.5 Å². The van der Waals surface area contributed by atoms with Crippen LogP contribution >= 0.6 is 0 Å². The molecule has 142 valence electrons. The second-order valence-electron chi connectivity index (χ2n) is 7.76. The smallest absolute Gasteiger partial charge is 0.123 e. The molecule has 1 atom stereocenters. The predicted molar refractivity (Wildman–Crippen MR) is 109 cm³/mol. The van der Waals surface area contributed by atoms with Crippen molar-refractivity contribution in [3.8, 4) is 0 Å². The van der Waals surface area contributed by atoms with E-state index in [1.807, 2.05) is 12.1 Å². The highest BCUT2D eigenvalue weighted by atomic mass is 19.1. The Morgan fingerprint density at radius 3 is 2.04 bits per heavy atom. The van der Waals surface area contributed by atoms with Crippen LogP contribution in [0.15, 0.2) is 54.6 Å². The maximum atomic E-state index is 13.2. The molecule has 2 aromatic rings. The summed E-state index contributed by atoms with van der Waals surface area (Å²) in [5.74, 6) is 1.34. The third kappa shape index (κ3) is 7.29. The lowest BCUT2D eigenvalue weighted by Crippen LogP contribution is -2.26. The molecule has 0 saturated carbocycles. The van der Waals surface area contributed by atoms with E-state index >= 15 is 0 Å². The van der Waals surface area contributed by atoms with E-state index in [2.05, 4.69) is 56.0 Å². The van der Waals surface area contributed by atoms with Crippen molar-refractivity contribution in [3.63, 3.8) is 0 Å². The number of hydrogen-bond acceptors (Lipinski definition) is 1. The summed E-state index contributed by atoms with van der Waals surface area (Å²) in [6.07, 6.45) is 5.14. The van der Waals surface area contributed by atoms with Crippen LogP contribution in [0.2, 0.25) is 0 Å². The normalized spacial score (nSPS) is 12.7. The van der Waals surface area contributed by atoms with Gasteiger partial charge >= 0.3 is 0 Å². The number of halogens is 1. The predicted octanol–water partition coefficient (Wildman–Crippen LogP) is 6.68. The van der Waals surface area contributed by atoms with Crippen LogP contribution in [0.4, 0.5) is 4.39 Å². The van der Waals surface area contributed by atoms with Gasteiger partial charge in [0.25, 0.3) is 0 Å². The van der Waals surface area contributed by atoms with Crippen molar-refractivity contribution >= 4 is 0 Å². The molecule has 0 spiro atoms. The highest BCUT2D eigenvalue weighted by Crippen LogP contribution is 2.23. The van der Waals surface area contributed by atoms with Gasteiger partial charge < -0.3 is 0 Å². The third-order valence-electron chi connectivity index (χ3n) is 5.26. The fourth-order valence-electron chi connectivity index (χ4n) is 3.53. The first kappa shape index (κ1) is 20.6. The molecule has 0 fully saturated rings. The number of hydrogen-bond donors (Lipinski definition) is 0. The standard InChI is InChI=1S/C24H34FN/c1-4-5-11-23(20(2)3)16-17-26(18-21-9-7-6-8-10-21)19-22-12-14-24(25)15-13-22/h6-10,12-15,20,23H,4-5,11,16-19H2,1-3H3. The molecule has 0 N–H and O–H groups in total. The lowest BCUT2D eigenvalue weighted by atomic mass is 9.87. The number of rotatable bonds is 11. The molecule has 26 heavy (non-hydrogen) atoms. The second-order valence-corrected chi connectivity index (χ2v) is 7.76. The summed E-state index contributed by atoms with van der Waals surface area (Å²) in [6.45, 7) is 9.86. The van der Waals surface area contributed by atoms with Gasteiger partial charge in [0.1, 0.15) is 5.82 Å². The molecule has 0 aromatic heterocycles. The largest absolute Gasteiger partial charge is 0.295 e. The average Bonchev–Trinajstić information content (AvgIpc) is 2.64. The Morgan fingerprint density at radius 1 is 0.846 bits per heavy atom. The molecule has 0 aliphatic rings. The Balaban J connectivity index is 2.02. The summed E-state index contributed by atoms with van der Waals surface area (Å²) < 4.78 is 13.2. The minimum absolute atomic E-state index is 0.164. The van der Waals surface area contributed by atoms with Gasteiger partial charge in [0.05, 0.1) is 0 Å². The minimum atomic E-state index is -0.164. The number of unbranched alkanes of at least 4 members (excludes halogenated alkanes) is 1. The zero-order valence-electron chi connectivity index (χ0n) is 16.6. The molecular formula is C24H34FN. The molecule has 1 unspecified atom stereocenters. The monoisotopic (exact) mass is 355 g/mol. The van der Waals surface area contributed by atoms with Crippen LogP contribution in [0.3, 0.4) is 0 Å². The zero-order valence-corrected chi connectivity index (χ0v) is 16.6. The van der Waals surface area contributed by atoms with Gasteiger partial charge in [-0.15, -0.1) is 0 Å². The maximum Gasteiger partial charge on any atom is 0.123 e. The highest BCUT2D eigenvalue weighted by Gasteiger charge is 2.15. The van der Waals surface area contributed by atoms with Crippen molar-refractivity contribution in [2.24, 2.45) is 11.8 Å². The molecular weight excluding hydrogens is 321 g/mol. The lowest BCUT2D eigenvalue weighted by molar-refractivity contribution is 0.212. The lowest BCUT2D eigenvalue weighted by Gasteiger charge is -2.27. The van der Waals surface area contributed by atoms with Crippen molar-refractivity contribution in [1.82, 2.24) is 4.90 Å². The van der Waals surface area contributed by atoms with Gasteiger partial charge in [0, 0.05) is 13.1 Å². The van der Waals surface area contributed by atoms with Gasteiger partial charge in [-0.1, -0.05) is 82.5 Å². The molecule has 0 amide bonds. The first-order valence-electron chi connectivity index (χ1n) is 10.1. The Kier molecular flexibility index (Phi) is 8.84. The van der Waals surface area contributed by atoms with Gasteiger partial charge in [-0.05, 0) is 48.1 Å². The SMILES string of the molecule is CCCCC(CCN(Cc1ccccc1)Cc1ccc(F)cc1)C(C)C. The first-order chi connectivity index (χ1) is 12.6. The van der Waals surface area contributed by atoms with E-state index in [9.17, 15) is 4.39 Å². The van der Waals surface area contributed by atoms with Gasteiger partial charge in [-0.3, -0.25) is 4.90 Å². The molecule has 0 radical (unpaired) electrons. The van der Waals surface area contributed by atoms with E-state index < -0.39 is 0 Å². The van der Waals surface area contributed by atoms with Crippen molar-refractivity contribution in [2.45, 2.75) is 59.5 Å². The molecule has 2 rings (SSSR count). The Morgan fingerprint density at radius 2 is 1.46 bits per heavy atom. The molecule has 0 saturated heterocycles. The highest BCUT2D eigenvalue weighted by molar-refractivity contribution is 5.17. The Bertz CT molecular complexity index is 606. The molecule has 0 aliphatic carbocycles. The van der Waals surface area contributed by atoms with Gasteiger partial charge in [-0.25, -0.2) is 4.39 Å². The van der Waals surface area contributed by atoms with Crippen LogP contribution < -0.4 is 0 Å². The van der Waals surface area contributed by atoms with Crippen LogP contribution in [-0.4, -0.2) is 11.4 Å². The summed E-state index contributed by atoms with van der Waals surface area (Å²) in [7, 11) is 0. The van der Waals surface area contributed by atoms with Crippen LogP contribution in [0.25, 0.3) is 0 Å². The topological polar surface area (TPSA) is 3.24 Å². The average molecular weight is 356 g/mol. The van der Waals surface area contributed by atoms with E-state index in [0.29, 0.717) is 0 Å². The summed E-state index contributed by atoms with van der Waals surface area (Å²) >= 11 is 0. The summed E-state index contributed by atoms with van der Waals surface area (Å²) in [4.78, 5) is 2.50. The van der Waals surface area contributed by atoms with Gasteiger partial charge in [0.15, 0.2) is 0 Å². The number of benzene rings is 2. The van der Waals surface area contributed by atoms with E-state index in [1.54, 1.807) is 12.1 Å². The Hall–Kier alpha value is -1.67. The van der Waals surface area contributed by atoms with Gasteiger partial charge in [-0.2, -0.15) is 0 Å². The quantitative estimate of drug-likeness (QED) is 0.434. The first-order valence-corrected chi connectivity index (χ1v) is 10.1. The fourth-order valence-corrected chi connectivity index (χ4v) is 3.53. The Labute approximate surface area is 159 Å². The van der Waals surface area contributed by atoms with Crippen molar-refractivity contribution in [1.29, 1.82) is 0 Å².